The normalized spacial score (nSPS) is 16.1. The quantitative estimate of drug-likeness (QED) is 0.258. The Bertz CT molecular complexity index is 1130. The van der Waals surface area contributed by atoms with Crippen molar-refractivity contribution in [1.82, 2.24) is 0 Å². The van der Waals surface area contributed by atoms with E-state index in [0.717, 1.165) is 17.7 Å². The molecule has 0 spiro atoms. The average molecular weight is 450 g/mol. The van der Waals surface area contributed by atoms with Crippen LogP contribution in [-0.4, -0.2) is 18.5 Å². The van der Waals surface area contributed by atoms with Gasteiger partial charge in [0.25, 0.3) is 0 Å². The molecule has 0 saturated carbocycles. The molecule has 0 fully saturated rings. The maximum atomic E-state index is 10.7. The Hall–Kier alpha value is -2.71. The van der Waals surface area contributed by atoms with Gasteiger partial charge in [0.2, 0.25) is 0 Å². The second-order valence-corrected chi connectivity index (χ2v) is 8.66. The van der Waals surface area contributed by atoms with E-state index < -0.39 is 15.6 Å². The van der Waals surface area contributed by atoms with Gasteiger partial charge in [-0.3, -0.25) is 0 Å². The first-order chi connectivity index (χ1) is 14.6. The van der Waals surface area contributed by atoms with E-state index in [2.05, 4.69) is 67.6 Å². The molecule has 2 aromatic carbocycles. The molecule has 0 saturated heterocycles. The third-order valence-corrected chi connectivity index (χ3v) is 5.62. The van der Waals surface area contributed by atoms with E-state index >= 15 is 0 Å². The molecule has 1 aromatic heterocycles. The molecule has 0 bridgehead atoms. The van der Waals surface area contributed by atoms with Crippen LogP contribution in [0, 0.1) is 0 Å². The Kier molecular flexibility index (Phi) is 6.81. The van der Waals surface area contributed by atoms with Crippen LogP contribution in [0.15, 0.2) is 71.1 Å². The van der Waals surface area contributed by atoms with Gasteiger partial charge in [0.05, 0.1) is 23.1 Å². The molecule has 1 aliphatic carbocycles. The molecule has 3 aromatic rings. The highest BCUT2D eigenvalue weighted by molar-refractivity contribution is 7.86. The summed E-state index contributed by atoms with van der Waals surface area (Å²) >= 11 is 0. The Morgan fingerprint density at radius 2 is 1.48 bits per heavy atom. The third kappa shape index (κ3) is 5.51. The predicted octanol–water partition coefficient (Wildman–Crippen LogP) is 6.39. The fourth-order valence-corrected chi connectivity index (χ4v) is 3.55. The first-order valence-electron chi connectivity index (χ1n) is 9.71. The van der Waals surface area contributed by atoms with E-state index in [1.807, 2.05) is 6.07 Å². The number of halogens is 3. The number of rotatable bonds is 2. The molecule has 0 aliphatic heterocycles. The fraction of sp³-hybridized carbons (Fsp3) is 0.261. The molecule has 0 amide bonds. The zero-order chi connectivity index (χ0) is 22.6. The van der Waals surface area contributed by atoms with Crippen molar-refractivity contribution in [1.29, 1.82) is 0 Å². The molecular formula is C23H21F3O4S. The van der Waals surface area contributed by atoms with Crippen LogP contribution in [-0.2, 0) is 16.5 Å². The minimum Gasteiger partial charge on any atom is -0.741 e. The predicted molar refractivity (Wildman–Crippen MR) is 111 cm³/mol. The van der Waals surface area contributed by atoms with Gasteiger partial charge in [0.15, 0.2) is 10.1 Å². The van der Waals surface area contributed by atoms with Crippen molar-refractivity contribution in [2.75, 3.05) is 0 Å². The fourth-order valence-electron chi connectivity index (χ4n) is 3.55. The summed E-state index contributed by atoms with van der Waals surface area (Å²) in [5.74, 6) is 2.64. The molecule has 0 N–H and O–H groups in total. The first-order valence-corrected chi connectivity index (χ1v) is 11.1. The Morgan fingerprint density at radius 3 is 2.00 bits per heavy atom. The summed E-state index contributed by atoms with van der Waals surface area (Å²) in [6.07, 6.45) is 3.57. The van der Waals surface area contributed by atoms with Crippen LogP contribution in [0.25, 0.3) is 22.5 Å². The van der Waals surface area contributed by atoms with Crippen molar-refractivity contribution in [3.8, 4) is 22.5 Å². The molecule has 1 aliphatic rings. The zero-order valence-corrected chi connectivity index (χ0v) is 17.5. The minimum atomic E-state index is -6.09. The van der Waals surface area contributed by atoms with Gasteiger partial charge in [-0.2, -0.15) is 13.2 Å². The molecule has 31 heavy (non-hydrogen) atoms. The van der Waals surface area contributed by atoms with Crippen molar-refractivity contribution in [3.63, 3.8) is 0 Å². The first kappa shape index (κ1) is 23.0. The van der Waals surface area contributed by atoms with Crippen LogP contribution in [0.4, 0.5) is 13.2 Å². The number of alkyl halides is 3. The summed E-state index contributed by atoms with van der Waals surface area (Å²) in [6, 6.07) is 23.3. The van der Waals surface area contributed by atoms with Crippen LogP contribution in [0.2, 0.25) is 0 Å². The molecule has 1 unspecified atom stereocenters. The van der Waals surface area contributed by atoms with Crippen molar-refractivity contribution >= 4 is 10.1 Å². The SMILES string of the molecule is CC1CCCc2c(-c3ccccc3)cc(-c3ccccc3)[o+]c21.O=S(=O)([O-])C(F)(F)F. The lowest BCUT2D eigenvalue weighted by atomic mass is 9.84. The lowest BCUT2D eigenvalue weighted by molar-refractivity contribution is -0.0517. The van der Waals surface area contributed by atoms with Crippen molar-refractivity contribution in [3.05, 3.63) is 78.1 Å². The van der Waals surface area contributed by atoms with Crippen LogP contribution in [0.5, 0.6) is 0 Å². The summed E-state index contributed by atoms with van der Waals surface area (Å²) in [4.78, 5) is 0. The van der Waals surface area contributed by atoms with Crippen molar-refractivity contribution in [2.24, 2.45) is 0 Å². The second-order valence-electron chi connectivity index (χ2n) is 7.29. The van der Waals surface area contributed by atoms with Crippen LogP contribution in [0.3, 0.4) is 0 Å². The second kappa shape index (κ2) is 9.20. The van der Waals surface area contributed by atoms with Crippen molar-refractivity contribution < 1.29 is 30.6 Å². The van der Waals surface area contributed by atoms with E-state index in [9.17, 15) is 13.2 Å². The lowest BCUT2D eigenvalue weighted by Crippen LogP contribution is -2.21. The van der Waals surface area contributed by atoms with Gasteiger partial charge in [-0.1, -0.05) is 48.5 Å². The topological polar surface area (TPSA) is 68.5 Å². The van der Waals surface area contributed by atoms with Crippen LogP contribution < -0.4 is 0 Å². The van der Waals surface area contributed by atoms with Gasteiger partial charge in [-0.15, -0.1) is 0 Å². The van der Waals surface area contributed by atoms with Crippen molar-refractivity contribution in [2.45, 2.75) is 37.6 Å². The minimum absolute atomic E-state index is 0.491. The van der Waals surface area contributed by atoms with Crippen LogP contribution in [0.1, 0.15) is 37.0 Å². The highest BCUT2D eigenvalue weighted by atomic mass is 32.2. The average Bonchev–Trinajstić information content (AvgIpc) is 2.74. The number of fused-ring (bicyclic) bond motifs is 1. The molecule has 0 radical (unpaired) electrons. The van der Waals surface area contributed by atoms with Gasteiger partial charge in [-0.05, 0) is 43.9 Å². The van der Waals surface area contributed by atoms with E-state index in [0.29, 0.717) is 5.92 Å². The number of benzene rings is 2. The summed E-state index contributed by atoms with van der Waals surface area (Å²) in [7, 11) is -6.09. The molecule has 4 nitrogen and oxygen atoms in total. The van der Waals surface area contributed by atoms with E-state index in [-0.39, 0.29) is 0 Å². The lowest BCUT2D eigenvalue weighted by Gasteiger charge is -2.17. The molecule has 164 valence electrons. The van der Waals surface area contributed by atoms with Gasteiger partial charge < -0.3 is 4.55 Å². The summed E-state index contributed by atoms with van der Waals surface area (Å²) < 4.78 is 65.3. The number of hydrogen-bond acceptors (Lipinski definition) is 3. The monoisotopic (exact) mass is 450 g/mol. The molecule has 1 heterocycles. The van der Waals surface area contributed by atoms with Gasteiger partial charge in [-0.25, -0.2) is 12.8 Å². The smallest absolute Gasteiger partial charge is 0.485 e. The van der Waals surface area contributed by atoms with Gasteiger partial charge in [0.1, 0.15) is 0 Å². The third-order valence-electron chi connectivity index (χ3n) is 5.06. The molecule has 8 heteroatoms. The summed E-state index contributed by atoms with van der Waals surface area (Å²) in [5, 5.41) is 0. The maximum absolute atomic E-state index is 10.7. The Balaban J connectivity index is 0.000000293. The molecular weight excluding hydrogens is 429 g/mol. The molecule has 1 atom stereocenters. The highest BCUT2D eigenvalue weighted by Crippen LogP contribution is 2.40. The Labute approximate surface area is 179 Å². The van der Waals surface area contributed by atoms with Crippen LogP contribution >= 0.6 is 0 Å². The van der Waals surface area contributed by atoms with E-state index in [1.54, 1.807) is 0 Å². The zero-order valence-electron chi connectivity index (χ0n) is 16.7. The van der Waals surface area contributed by atoms with E-state index in [1.165, 1.54) is 35.3 Å². The van der Waals surface area contributed by atoms with Gasteiger partial charge in [0, 0.05) is 5.56 Å². The summed E-state index contributed by atoms with van der Waals surface area (Å²) in [6.45, 7) is 2.28. The van der Waals surface area contributed by atoms with Gasteiger partial charge >= 0.3 is 17.0 Å². The number of hydrogen-bond donors (Lipinski definition) is 0. The largest absolute Gasteiger partial charge is 0.741 e. The van der Waals surface area contributed by atoms with E-state index in [4.69, 9.17) is 17.4 Å². The highest BCUT2D eigenvalue weighted by Gasteiger charge is 2.37. The molecule has 4 rings (SSSR count). The summed E-state index contributed by atoms with van der Waals surface area (Å²) in [5.41, 5.74) is -0.490. The Morgan fingerprint density at radius 1 is 0.968 bits per heavy atom. The standard InChI is InChI=1S/C22H21O.CHF3O3S/c1-16-9-8-14-19-20(17-10-4-2-5-11-17)15-21(23-22(16)19)18-12-6-3-7-13-18;2-1(3,4)8(5,6)7/h2-7,10-13,15-16H,8-9,14H2,1H3;(H,5,6,7)/q+1;/p-1. The maximum Gasteiger partial charge on any atom is 0.485 e.